The van der Waals surface area contributed by atoms with Gasteiger partial charge in [-0.25, -0.2) is 9.78 Å². The summed E-state index contributed by atoms with van der Waals surface area (Å²) in [6.45, 7) is 7.20. The number of carboxylic acids is 1. The highest BCUT2D eigenvalue weighted by Gasteiger charge is 2.30. The number of carbonyl (C=O) groups is 1. The molecular weight excluding hydrogens is 374 g/mol. The first-order chi connectivity index (χ1) is 13.3. The van der Waals surface area contributed by atoms with Crippen molar-refractivity contribution in [2.24, 2.45) is 0 Å². The fourth-order valence-corrected chi connectivity index (χ4v) is 3.43. The van der Waals surface area contributed by atoms with Gasteiger partial charge in [-0.1, -0.05) is 30.3 Å². The molecule has 0 saturated heterocycles. The minimum atomic E-state index is -1.30. The summed E-state index contributed by atoms with van der Waals surface area (Å²) in [6, 6.07) is 13.7. The summed E-state index contributed by atoms with van der Waals surface area (Å²) in [4.78, 5) is 16.0. The van der Waals surface area contributed by atoms with Gasteiger partial charge in [0.1, 0.15) is 23.1 Å². The molecule has 0 fully saturated rings. The van der Waals surface area contributed by atoms with E-state index < -0.39 is 11.6 Å². The Morgan fingerprint density at radius 1 is 1.14 bits per heavy atom. The molecule has 5 nitrogen and oxygen atoms in total. The van der Waals surface area contributed by atoms with Crippen molar-refractivity contribution in [2.45, 2.75) is 39.9 Å². The summed E-state index contributed by atoms with van der Waals surface area (Å²) < 4.78 is 11.6. The molecule has 0 aliphatic heterocycles. The highest BCUT2D eigenvalue weighted by atomic mass is 32.1. The van der Waals surface area contributed by atoms with Gasteiger partial charge in [-0.2, -0.15) is 0 Å². The van der Waals surface area contributed by atoms with Crippen molar-refractivity contribution in [3.63, 3.8) is 0 Å². The quantitative estimate of drug-likeness (QED) is 0.590. The lowest BCUT2D eigenvalue weighted by molar-refractivity contribution is -0.152. The van der Waals surface area contributed by atoms with Crippen LogP contribution in [0.5, 0.6) is 11.5 Å². The third-order valence-electron chi connectivity index (χ3n) is 4.29. The maximum absolute atomic E-state index is 11.3. The van der Waals surface area contributed by atoms with Gasteiger partial charge in [0.05, 0.1) is 5.69 Å². The molecule has 0 unspecified atom stereocenters. The molecule has 0 saturated carbocycles. The van der Waals surface area contributed by atoms with Gasteiger partial charge in [0.25, 0.3) is 0 Å². The molecule has 2 aromatic carbocycles. The fourth-order valence-electron chi connectivity index (χ4n) is 2.72. The average Bonchev–Trinajstić information content (AvgIpc) is 3.13. The van der Waals surface area contributed by atoms with E-state index in [0.717, 1.165) is 27.4 Å². The second-order valence-corrected chi connectivity index (χ2v) is 8.03. The van der Waals surface area contributed by atoms with E-state index in [1.54, 1.807) is 11.3 Å². The van der Waals surface area contributed by atoms with Crippen LogP contribution in [0.25, 0.3) is 11.3 Å². The van der Waals surface area contributed by atoms with Crippen LogP contribution in [-0.4, -0.2) is 21.7 Å². The summed E-state index contributed by atoms with van der Waals surface area (Å²) >= 11 is 1.56. The van der Waals surface area contributed by atoms with Crippen molar-refractivity contribution in [1.29, 1.82) is 0 Å². The van der Waals surface area contributed by atoms with Crippen LogP contribution in [0, 0.1) is 13.8 Å². The minimum Gasteiger partial charge on any atom is -0.486 e. The molecule has 0 bridgehead atoms. The number of rotatable bonds is 7. The van der Waals surface area contributed by atoms with Crippen LogP contribution in [0.4, 0.5) is 0 Å². The van der Waals surface area contributed by atoms with Gasteiger partial charge in [-0.05, 0) is 51.0 Å². The van der Waals surface area contributed by atoms with Crippen LogP contribution < -0.4 is 9.47 Å². The Bertz CT molecular complexity index is 956. The van der Waals surface area contributed by atoms with E-state index in [0.29, 0.717) is 18.1 Å². The van der Waals surface area contributed by atoms with Gasteiger partial charge in [0.2, 0.25) is 0 Å². The molecule has 146 valence electrons. The lowest BCUT2D eigenvalue weighted by atomic mass is 10.1. The van der Waals surface area contributed by atoms with Crippen molar-refractivity contribution in [1.82, 2.24) is 4.98 Å². The van der Waals surface area contributed by atoms with E-state index in [1.165, 1.54) is 13.8 Å². The van der Waals surface area contributed by atoms with E-state index in [4.69, 9.17) is 9.47 Å². The lowest BCUT2D eigenvalue weighted by Gasteiger charge is -2.24. The van der Waals surface area contributed by atoms with Gasteiger partial charge in [-0.3, -0.25) is 0 Å². The van der Waals surface area contributed by atoms with E-state index in [-0.39, 0.29) is 0 Å². The Morgan fingerprint density at radius 2 is 1.79 bits per heavy atom. The lowest BCUT2D eigenvalue weighted by Crippen LogP contribution is -2.38. The molecule has 1 N–H and O–H groups in total. The summed E-state index contributed by atoms with van der Waals surface area (Å²) in [7, 11) is 0. The number of ether oxygens (including phenoxy) is 2. The fraction of sp³-hybridized carbons (Fsp3) is 0.273. The molecule has 0 atom stereocenters. The summed E-state index contributed by atoms with van der Waals surface area (Å²) in [5.74, 6) is 0.261. The predicted molar refractivity (Wildman–Crippen MR) is 110 cm³/mol. The third-order valence-corrected chi connectivity index (χ3v) is 5.11. The molecule has 0 amide bonds. The monoisotopic (exact) mass is 397 g/mol. The van der Waals surface area contributed by atoms with Crippen molar-refractivity contribution < 1.29 is 19.4 Å². The number of hydrogen-bond acceptors (Lipinski definition) is 5. The van der Waals surface area contributed by atoms with Crippen LogP contribution >= 0.6 is 11.3 Å². The van der Waals surface area contributed by atoms with E-state index in [9.17, 15) is 9.90 Å². The Hall–Kier alpha value is -2.86. The van der Waals surface area contributed by atoms with Crippen molar-refractivity contribution in [2.75, 3.05) is 0 Å². The molecule has 0 aliphatic carbocycles. The van der Waals surface area contributed by atoms with Crippen LogP contribution in [0.15, 0.2) is 47.8 Å². The summed E-state index contributed by atoms with van der Waals surface area (Å²) in [5, 5.41) is 12.2. The Kier molecular flexibility index (Phi) is 5.70. The number of benzene rings is 2. The van der Waals surface area contributed by atoms with Crippen LogP contribution in [0.1, 0.15) is 30.0 Å². The van der Waals surface area contributed by atoms with Crippen molar-refractivity contribution in [3.8, 4) is 22.8 Å². The molecule has 3 rings (SSSR count). The maximum Gasteiger partial charge on any atom is 0.347 e. The summed E-state index contributed by atoms with van der Waals surface area (Å²) in [6.07, 6.45) is 0. The second kappa shape index (κ2) is 8.02. The SMILES string of the molecule is Cc1cc(OCc2nc(-c3ccccc3)cs2)cc(C)c1OC(C)(C)C(=O)O. The first-order valence-electron chi connectivity index (χ1n) is 8.92. The Morgan fingerprint density at radius 3 is 2.39 bits per heavy atom. The molecule has 1 aromatic heterocycles. The predicted octanol–water partition coefficient (Wildman–Crippen LogP) is 5.25. The average molecular weight is 397 g/mol. The number of aryl methyl sites for hydroxylation is 2. The van der Waals surface area contributed by atoms with E-state index in [1.807, 2.05) is 61.7 Å². The van der Waals surface area contributed by atoms with Crippen LogP contribution in [-0.2, 0) is 11.4 Å². The standard InChI is InChI=1S/C22H23NO4S/c1-14-10-17(11-15(2)20(14)27-22(3,4)21(24)25)26-12-19-23-18(13-28-19)16-8-6-5-7-9-16/h5-11,13H,12H2,1-4H3,(H,24,25). The first kappa shape index (κ1) is 19.9. The first-order valence-corrected chi connectivity index (χ1v) is 9.80. The highest BCUT2D eigenvalue weighted by Crippen LogP contribution is 2.32. The number of hydrogen-bond donors (Lipinski definition) is 1. The zero-order chi connectivity index (χ0) is 20.3. The van der Waals surface area contributed by atoms with Gasteiger partial charge in [-0.15, -0.1) is 11.3 Å². The van der Waals surface area contributed by atoms with Gasteiger partial charge >= 0.3 is 5.97 Å². The molecule has 6 heteroatoms. The molecule has 0 radical (unpaired) electrons. The zero-order valence-corrected chi connectivity index (χ0v) is 17.2. The molecule has 3 aromatic rings. The molecule has 1 heterocycles. The largest absolute Gasteiger partial charge is 0.486 e. The minimum absolute atomic E-state index is 0.372. The van der Waals surface area contributed by atoms with Gasteiger partial charge in [0.15, 0.2) is 5.60 Å². The molecule has 0 aliphatic rings. The molecular formula is C22H23NO4S. The van der Waals surface area contributed by atoms with Crippen LogP contribution in [0.2, 0.25) is 0 Å². The number of carboxylic acid groups (broad SMARTS) is 1. The van der Waals surface area contributed by atoms with Gasteiger partial charge < -0.3 is 14.6 Å². The normalized spacial score (nSPS) is 11.3. The van der Waals surface area contributed by atoms with E-state index >= 15 is 0 Å². The topological polar surface area (TPSA) is 68.7 Å². The maximum atomic E-state index is 11.3. The third kappa shape index (κ3) is 4.51. The number of aromatic nitrogens is 1. The molecule has 0 spiro atoms. The van der Waals surface area contributed by atoms with Crippen molar-refractivity contribution >= 4 is 17.3 Å². The van der Waals surface area contributed by atoms with Crippen molar-refractivity contribution in [3.05, 3.63) is 64.0 Å². The molecule has 28 heavy (non-hydrogen) atoms. The summed E-state index contributed by atoms with van der Waals surface area (Å²) in [5.41, 5.74) is 2.38. The van der Waals surface area contributed by atoms with Crippen LogP contribution in [0.3, 0.4) is 0 Å². The Labute approximate surface area is 168 Å². The van der Waals surface area contributed by atoms with Gasteiger partial charge in [0, 0.05) is 10.9 Å². The number of thiazole rings is 1. The number of nitrogens with zero attached hydrogens (tertiary/aromatic N) is 1. The number of aliphatic carboxylic acids is 1. The second-order valence-electron chi connectivity index (χ2n) is 7.08. The Balaban J connectivity index is 1.70. The van der Waals surface area contributed by atoms with E-state index in [2.05, 4.69) is 4.98 Å². The smallest absolute Gasteiger partial charge is 0.347 e. The highest BCUT2D eigenvalue weighted by molar-refractivity contribution is 7.09. The zero-order valence-electron chi connectivity index (χ0n) is 16.4.